The van der Waals surface area contributed by atoms with Crippen molar-refractivity contribution in [1.29, 1.82) is 5.26 Å². The van der Waals surface area contributed by atoms with Crippen LogP contribution in [0.2, 0.25) is 5.02 Å². The van der Waals surface area contributed by atoms with Gasteiger partial charge in [0.2, 0.25) is 0 Å². The van der Waals surface area contributed by atoms with E-state index in [1.807, 2.05) is 6.92 Å². The smallest absolute Gasteiger partial charge is 0.163 e. The molecule has 0 amide bonds. The average molecular weight is 542 g/mol. The summed E-state index contributed by atoms with van der Waals surface area (Å²) in [6, 6.07) is 7.35. The van der Waals surface area contributed by atoms with E-state index in [-0.39, 0.29) is 12.4 Å². The summed E-state index contributed by atoms with van der Waals surface area (Å²) in [5.74, 6) is 1.37. The first-order valence-electron chi connectivity index (χ1n) is 12.6. The molecule has 0 unspecified atom stereocenters. The van der Waals surface area contributed by atoms with Gasteiger partial charge in [-0.05, 0) is 46.0 Å². The number of nitriles is 1. The number of ketones is 1. The highest BCUT2D eigenvalue weighted by molar-refractivity contribution is 6.33. The Labute approximate surface area is 229 Å². The van der Waals surface area contributed by atoms with Crippen LogP contribution in [0.25, 0.3) is 17.0 Å². The van der Waals surface area contributed by atoms with Gasteiger partial charge >= 0.3 is 0 Å². The van der Waals surface area contributed by atoms with Crippen LogP contribution in [0.1, 0.15) is 31.5 Å². The van der Waals surface area contributed by atoms with Crippen molar-refractivity contribution < 1.29 is 14.6 Å². The van der Waals surface area contributed by atoms with E-state index in [4.69, 9.17) is 37.3 Å². The first kappa shape index (κ1) is 29.3. The third-order valence-corrected chi connectivity index (χ3v) is 6.71. The summed E-state index contributed by atoms with van der Waals surface area (Å²) in [4.78, 5) is 26.7. The quantitative estimate of drug-likeness (QED) is 0.363. The molecular formula is C27H36ClN7O3. The van der Waals surface area contributed by atoms with Crippen molar-refractivity contribution in [3.05, 3.63) is 40.2 Å². The molecule has 1 aliphatic heterocycles. The van der Waals surface area contributed by atoms with Gasteiger partial charge in [-0.2, -0.15) is 5.26 Å². The van der Waals surface area contributed by atoms with Crippen LogP contribution in [0.4, 0.5) is 5.82 Å². The van der Waals surface area contributed by atoms with Gasteiger partial charge in [-0.1, -0.05) is 11.6 Å². The Morgan fingerprint density at radius 3 is 2.61 bits per heavy atom. The van der Waals surface area contributed by atoms with Crippen LogP contribution in [0.3, 0.4) is 0 Å². The number of nitrogens with zero attached hydrogens (tertiary/aromatic N) is 5. The summed E-state index contributed by atoms with van der Waals surface area (Å²) >= 11 is 6.60. The normalized spacial score (nSPS) is 15.6. The highest BCUT2D eigenvalue weighted by atomic mass is 35.5. The molecule has 1 saturated heterocycles. The first-order valence-corrected chi connectivity index (χ1v) is 13.0. The van der Waals surface area contributed by atoms with Gasteiger partial charge in [0, 0.05) is 62.5 Å². The van der Waals surface area contributed by atoms with Crippen molar-refractivity contribution in [2.75, 3.05) is 57.8 Å². The second kappa shape index (κ2) is 13.5. The van der Waals surface area contributed by atoms with E-state index in [1.165, 1.54) is 6.92 Å². The number of aromatic nitrogens is 2. The van der Waals surface area contributed by atoms with E-state index < -0.39 is 6.10 Å². The number of aliphatic hydroxyl groups is 1. The van der Waals surface area contributed by atoms with Crippen molar-refractivity contribution in [3.8, 4) is 23.2 Å². The summed E-state index contributed by atoms with van der Waals surface area (Å²) in [6.07, 6.45) is -0.178. The number of aliphatic hydroxyl groups excluding tert-OH is 1. The van der Waals surface area contributed by atoms with Crippen molar-refractivity contribution in [3.63, 3.8) is 0 Å². The maximum absolute atomic E-state index is 12.6. The molecule has 2 aromatic rings. The van der Waals surface area contributed by atoms with Crippen molar-refractivity contribution in [1.82, 2.24) is 20.2 Å². The number of carbonyl (C=O) groups is 1. The van der Waals surface area contributed by atoms with Crippen molar-refractivity contribution >= 4 is 28.8 Å². The molecule has 3 rings (SSSR count). The number of halogens is 1. The topological polar surface area (TPSA) is 141 Å². The number of anilines is 1. The molecule has 0 aliphatic carbocycles. The third kappa shape index (κ3) is 7.20. The summed E-state index contributed by atoms with van der Waals surface area (Å²) < 4.78 is 5.78. The van der Waals surface area contributed by atoms with E-state index in [1.54, 1.807) is 32.2 Å². The van der Waals surface area contributed by atoms with Crippen LogP contribution in [0.15, 0.2) is 23.9 Å². The van der Waals surface area contributed by atoms with Gasteiger partial charge in [-0.15, -0.1) is 0 Å². The number of benzene rings is 1. The molecule has 38 heavy (non-hydrogen) atoms. The summed E-state index contributed by atoms with van der Waals surface area (Å²) in [5, 5.41) is 22.3. The fraction of sp³-hybridized carbons (Fsp3) is 0.481. The molecule has 11 heteroatoms. The minimum atomic E-state index is -0.671. The fourth-order valence-corrected chi connectivity index (χ4v) is 4.65. The van der Waals surface area contributed by atoms with E-state index in [9.17, 15) is 9.90 Å². The number of allylic oxidation sites excluding steroid dienone is 2. The molecule has 1 atom stereocenters. The van der Waals surface area contributed by atoms with Crippen LogP contribution >= 0.6 is 11.6 Å². The van der Waals surface area contributed by atoms with Crippen LogP contribution in [-0.2, 0) is 4.79 Å². The minimum absolute atomic E-state index is 0.104. The molecule has 0 saturated carbocycles. The first-order chi connectivity index (χ1) is 18.2. The number of carbonyl (C=O) groups excluding carboxylic acids is 1. The zero-order valence-electron chi connectivity index (χ0n) is 22.4. The van der Waals surface area contributed by atoms with Gasteiger partial charge in [-0.25, -0.2) is 9.97 Å². The minimum Gasteiger partial charge on any atom is -0.491 e. The molecule has 4 N–H and O–H groups in total. The summed E-state index contributed by atoms with van der Waals surface area (Å²) in [6.45, 7) is 9.29. The molecule has 0 bridgehead atoms. The molecule has 0 radical (unpaired) electrons. The number of piperazine rings is 1. The molecule has 1 aromatic heterocycles. The lowest BCUT2D eigenvalue weighted by Gasteiger charge is -2.36. The van der Waals surface area contributed by atoms with E-state index in [0.717, 1.165) is 25.2 Å². The van der Waals surface area contributed by atoms with Crippen molar-refractivity contribution in [2.24, 2.45) is 5.73 Å². The third-order valence-electron chi connectivity index (χ3n) is 6.38. The Morgan fingerprint density at radius 1 is 1.29 bits per heavy atom. The maximum Gasteiger partial charge on any atom is 0.163 e. The predicted octanol–water partition coefficient (Wildman–Crippen LogP) is 2.38. The fourth-order valence-electron chi connectivity index (χ4n) is 4.45. The number of nitrogens with two attached hydrogens (primary N) is 1. The molecule has 2 heterocycles. The zero-order chi connectivity index (χ0) is 27.8. The average Bonchev–Trinajstić information content (AvgIpc) is 2.88. The lowest BCUT2D eigenvalue weighted by atomic mass is 10.0. The maximum atomic E-state index is 12.6. The summed E-state index contributed by atoms with van der Waals surface area (Å²) in [7, 11) is 1.76. The highest BCUT2D eigenvalue weighted by Crippen LogP contribution is 2.34. The van der Waals surface area contributed by atoms with Gasteiger partial charge in [0.1, 0.15) is 24.3 Å². The van der Waals surface area contributed by atoms with E-state index >= 15 is 0 Å². The number of hydrogen-bond acceptors (Lipinski definition) is 10. The Morgan fingerprint density at radius 2 is 2.00 bits per heavy atom. The van der Waals surface area contributed by atoms with Gasteiger partial charge in [0.05, 0.1) is 22.4 Å². The molecule has 1 aliphatic rings. The van der Waals surface area contributed by atoms with Crippen LogP contribution in [0.5, 0.6) is 5.75 Å². The monoisotopic (exact) mass is 541 g/mol. The molecular weight excluding hydrogens is 506 g/mol. The molecule has 1 aromatic carbocycles. The number of hydrogen-bond donors (Lipinski definition) is 3. The van der Waals surface area contributed by atoms with Gasteiger partial charge in [0.25, 0.3) is 0 Å². The lowest BCUT2D eigenvalue weighted by molar-refractivity contribution is -0.111. The second-order valence-corrected chi connectivity index (χ2v) is 9.77. The Kier molecular flexibility index (Phi) is 10.4. The Bertz CT molecular complexity index is 1220. The second-order valence-electron chi connectivity index (χ2n) is 9.36. The number of ether oxygens (including phenoxy) is 1. The number of Topliss-reactive ketones (excluding diaryl/α,β-unsaturated/α-hetero) is 1. The van der Waals surface area contributed by atoms with E-state index in [0.29, 0.717) is 71.0 Å². The SMILES string of the molecule is CNC[C@@H](O)COc1ccc(Cl)c(-c2nc(C(C(C)=O)=C(C)N)c(C)c(N3CCN(CCC#N)CC3)n2)c1. The molecule has 1 fully saturated rings. The molecule has 0 spiro atoms. The Hall–Kier alpha value is -3.23. The molecule has 204 valence electrons. The van der Waals surface area contributed by atoms with Crippen molar-refractivity contribution in [2.45, 2.75) is 33.3 Å². The van der Waals surface area contributed by atoms with Gasteiger partial charge in [-0.3, -0.25) is 9.69 Å². The van der Waals surface area contributed by atoms with Crippen LogP contribution < -0.4 is 20.7 Å². The molecule has 10 nitrogen and oxygen atoms in total. The standard InChI is InChI=1S/C27H36ClN7O3/c1-17-25(24(18(2)30)19(3)36)32-26(33-27(17)35-12-10-34(11-13-35)9-5-8-29)22-14-21(6-7-23(22)28)38-16-20(37)15-31-4/h6-7,14,20,31,37H,5,9-13,15-16,30H2,1-4H3/t20-/m1/s1. The number of rotatable bonds is 11. The number of nitrogens with one attached hydrogen (secondary N) is 1. The zero-order valence-corrected chi connectivity index (χ0v) is 23.2. The highest BCUT2D eigenvalue weighted by Gasteiger charge is 2.26. The Balaban J connectivity index is 2.06. The lowest BCUT2D eigenvalue weighted by Crippen LogP contribution is -2.47. The van der Waals surface area contributed by atoms with Gasteiger partial charge < -0.3 is 25.8 Å². The summed E-state index contributed by atoms with van der Waals surface area (Å²) in [5.41, 5.74) is 8.63. The van der Waals surface area contributed by atoms with Gasteiger partial charge in [0.15, 0.2) is 11.6 Å². The van der Waals surface area contributed by atoms with E-state index in [2.05, 4.69) is 21.2 Å². The largest absolute Gasteiger partial charge is 0.491 e. The van der Waals surface area contributed by atoms with Crippen LogP contribution in [0, 0.1) is 18.3 Å². The predicted molar refractivity (Wildman–Crippen MR) is 149 cm³/mol. The number of likely N-dealkylation sites (N-methyl/N-ethyl adjacent to an activating group) is 1. The van der Waals surface area contributed by atoms with Crippen LogP contribution in [-0.4, -0.2) is 84.8 Å².